The Morgan fingerprint density at radius 2 is 2.08 bits per heavy atom. The van der Waals surface area contributed by atoms with Gasteiger partial charge in [-0.25, -0.2) is 4.79 Å². The molecule has 0 aromatic heterocycles. The van der Waals surface area contributed by atoms with Crippen LogP contribution in [0.4, 0.5) is 0 Å². The minimum Gasteiger partial charge on any atom is -0.383 e. The molecule has 5 nitrogen and oxygen atoms in total. The van der Waals surface area contributed by atoms with Gasteiger partial charge in [0, 0.05) is 13.2 Å². The van der Waals surface area contributed by atoms with Gasteiger partial charge >= 0.3 is 5.97 Å². The van der Waals surface area contributed by atoms with E-state index < -0.39 is 5.41 Å². The van der Waals surface area contributed by atoms with Crippen LogP contribution in [-0.4, -0.2) is 25.0 Å². The molecule has 0 bridgehead atoms. The molecule has 2 aliphatic heterocycles. The summed E-state index contributed by atoms with van der Waals surface area (Å²) >= 11 is 0. The minimum atomic E-state index is -0.668. The first-order chi connectivity index (χ1) is 5.76. The van der Waals surface area contributed by atoms with E-state index >= 15 is 0 Å². The highest BCUT2D eigenvalue weighted by molar-refractivity contribution is 6.07. The third-order valence-electron chi connectivity index (χ3n) is 2.45. The van der Waals surface area contributed by atoms with Gasteiger partial charge in [-0.15, -0.1) is 0 Å². The molecule has 0 radical (unpaired) electrons. The monoisotopic (exact) mass is 170 g/mol. The average molecular weight is 170 g/mol. The molecular weight excluding hydrogens is 160 g/mol. The molecular formula is C7H10N2O3. The van der Waals surface area contributed by atoms with Crippen molar-refractivity contribution in [3.05, 3.63) is 0 Å². The maximum absolute atomic E-state index is 11.3. The van der Waals surface area contributed by atoms with Crippen LogP contribution in [-0.2, 0) is 14.4 Å². The number of oxime groups is 1. The van der Waals surface area contributed by atoms with Crippen molar-refractivity contribution in [1.29, 1.82) is 0 Å². The van der Waals surface area contributed by atoms with Gasteiger partial charge in [-0.05, 0) is 12.8 Å². The lowest BCUT2D eigenvalue weighted by atomic mass is 9.80. The summed E-state index contributed by atoms with van der Waals surface area (Å²) in [6.45, 7) is 1.09. The van der Waals surface area contributed by atoms with Gasteiger partial charge in [-0.2, -0.15) is 0 Å². The van der Waals surface area contributed by atoms with Crippen molar-refractivity contribution in [3.8, 4) is 0 Å². The number of nitrogens with zero attached hydrogens (tertiary/aromatic N) is 1. The molecule has 2 rings (SSSR count). The van der Waals surface area contributed by atoms with Crippen LogP contribution in [0.25, 0.3) is 0 Å². The number of rotatable bonds is 0. The summed E-state index contributed by atoms with van der Waals surface area (Å²) in [7, 11) is 0. The zero-order valence-electron chi connectivity index (χ0n) is 6.58. The zero-order chi connectivity index (χ0) is 8.60. The second-order valence-electron chi connectivity index (χ2n) is 3.05. The van der Waals surface area contributed by atoms with Gasteiger partial charge in [0.1, 0.15) is 5.41 Å². The van der Waals surface area contributed by atoms with Gasteiger partial charge in [-0.3, -0.25) is 0 Å². The highest BCUT2D eigenvalue weighted by atomic mass is 16.7. The van der Waals surface area contributed by atoms with Crippen LogP contribution >= 0.6 is 0 Å². The summed E-state index contributed by atoms with van der Waals surface area (Å²) in [6, 6.07) is 0. The molecule has 5 heteroatoms. The summed E-state index contributed by atoms with van der Waals surface area (Å²) in [6.07, 6.45) is 1.17. The fourth-order valence-electron chi connectivity index (χ4n) is 1.55. The summed E-state index contributed by atoms with van der Waals surface area (Å²) < 4.78 is 5.13. The van der Waals surface area contributed by atoms with E-state index in [1.165, 1.54) is 0 Å². The highest BCUT2D eigenvalue weighted by Gasteiger charge is 2.49. The Kier molecular flexibility index (Phi) is 1.54. The summed E-state index contributed by atoms with van der Waals surface area (Å²) in [5.41, 5.74) is 4.92. The van der Waals surface area contributed by atoms with Crippen LogP contribution in [0.5, 0.6) is 0 Å². The number of nitrogens with two attached hydrogens (primary N) is 1. The maximum atomic E-state index is 11.3. The van der Waals surface area contributed by atoms with Gasteiger partial charge < -0.3 is 15.3 Å². The zero-order valence-corrected chi connectivity index (χ0v) is 6.58. The largest absolute Gasteiger partial charge is 0.383 e. The lowest BCUT2D eigenvalue weighted by Gasteiger charge is -2.28. The normalized spacial score (nSPS) is 27.0. The molecule has 2 N–H and O–H groups in total. The Hall–Kier alpha value is -1.10. The van der Waals surface area contributed by atoms with E-state index in [2.05, 4.69) is 9.99 Å². The third kappa shape index (κ3) is 0.828. The molecule has 12 heavy (non-hydrogen) atoms. The number of ether oxygens (including phenoxy) is 1. The first-order valence-corrected chi connectivity index (χ1v) is 3.89. The molecule has 0 saturated carbocycles. The molecule has 0 atom stereocenters. The van der Waals surface area contributed by atoms with Gasteiger partial charge in [-0.1, -0.05) is 5.16 Å². The van der Waals surface area contributed by atoms with Crippen LogP contribution in [0, 0.1) is 5.41 Å². The van der Waals surface area contributed by atoms with Crippen LogP contribution < -0.4 is 5.73 Å². The predicted molar refractivity (Wildman–Crippen MR) is 40.2 cm³/mol. The van der Waals surface area contributed by atoms with Crippen molar-refractivity contribution < 1.29 is 14.4 Å². The predicted octanol–water partition coefficient (Wildman–Crippen LogP) is -0.388. The fraction of sp³-hybridized carbons (Fsp3) is 0.714. The van der Waals surface area contributed by atoms with Crippen molar-refractivity contribution in [1.82, 2.24) is 0 Å². The van der Waals surface area contributed by atoms with E-state index in [1.807, 2.05) is 0 Å². The second-order valence-corrected chi connectivity index (χ2v) is 3.05. The van der Waals surface area contributed by atoms with Crippen molar-refractivity contribution in [3.63, 3.8) is 0 Å². The summed E-state index contributed by atoms with van der Waals surface area (Å²) in [4.78, 5) is 15.8. The molecule has 0 aromatic rings. The number of hydrogen-bond donors (Lipinski definition) is 1. The van der Waals surface area contributed by atoms with E-state index in [9.17, 15) is 4.79 Å². The van der Waals surface area contributed by atoms with Crippen molar-refractivity contribution in [2.24, 2.45) is 16.3 Å². The van der Waals surface area contributed by atoms with E-state index in [0.29, 0.717) is 31.9 Å². The third-order valence-corrected chi connectivity index (χ3v) is 2.45. The van der Waals surface area contributed by atoms with E-state index in [0.717, 1.165) is 0 Å². The van der Waals surface area contributed by atoms with Crippen molar-refractivity contribution in [2.75, 3.05) is 13.2 Å². The molecule has 1 fully saturated rings. The fourth-order valence-corrected chi connectivity index (χ4v) is 1.55. The number of hydrogen-bond acceptors (Lipinski definition) is 5. The highest BCUT2D eigenvalue weighted by Crippen LogP contribution is 2.35. The van der Waals surface area contributed by atoms with Crippen molar-refractivity contribution in [2.45, 2.75) is 12.8 Å². The quantitative estimate of drug-likeness (QED) is 0.502. The molecule has 1 saturated heterocycles. The van der Waals surface area contributed by atoms with Crippen LogP contribution in [0.15, 0.2) is 5.16 Å². The standard InChI is InChI=1S/C7H10N2O3/c8-5-7(6(10)12-9-5)1-3-11-4-2-7/h1-4H2,(H2,8,9). The molecule has 0 unspecified atom stereocenters. The Balaban J connectivity index is 2.27. The first-order valence-electron chi connectivity index (χ1n) is 3.89. The van der Waals surface area contributed by atoms with Crippen molar-refractivity contribution >= 4 is 11.8 Å². The van der Waals surface area contributed by atoms with E-state index in [-0.39, 0.29) is 5.97 Å². The summed E-state index contributed by atoms with van der Waals surface area (Å²) in [5, 5.41) is 3.48. The lowest BCUT2D eigenvalue weighted by molar-refractivity contribution is -0.151. The van der Waals surface area contributed by atoms with E-state index in [4.69, 9.17) is 10.5 Å². The molecule has 2 heterocycles. The van der Waals surface area contributed by atoms with Gasteiger partial charge in [0.05, 0.1) is 0 Å². The Bertz CT molecular complexity index is 243. The van der Waals surface area contributed by atoms with Crippen LogP contribution in [0.2, 0.25) is 0 Å². The van der Waals surface area contributed by atoms with Gasteiger partial charge in [0.15, 0.2) is 5.84 Å². The first kappa shape index (κ1) is 7.54. The SMILES string of the molecule is NC1=NOC(=O)C12CCOCC2. The van der Waals surface area contributed by atoms with Crippen LogP contribution in [0.3, 0.4) is 0 Å². The molecule has 0 aromatic carbocycles. The Morgan fingerprint density at radius 3 is 2.58 bits per heavy atom. The topological polar surface area (TPSA) is 73.9 Å². The number of carbonyl (C=O) groups is 1. The van der Waals surface area contributed by atoms with E-state index in [1.54, 1.807) is 0 Å². The average Bonchev–Trinajstić information content (AvgIpc) is 2.36. The molecule has 66 valence electrons. The molecule has 0 amide bonds. The maximum Gasteiger partial charge on any atom is 0.348 e. The summed E-state index contributed by atoms with van der Waals surface area (Å²) in [5.74, 6) is -0.0286. The Morgan fingerprint density at radius 1 is 1.42 bits per heavy atom. The van der Waals surface area contributed by atoms with Gasteiger partial charge in [0.2, 0.25) is 0 Å². The minimum absolute atomic E-state index is 0.302. The smallest absolute Gasteiger partial charge is 0.348 e. The number of carbonyl (C=O) groups excluding carboxylic acids is 1. The molecule has 0 aliphatic carbocycles. The van der Waals surface area contributed by atoms with Gasteiger partial charge in [0.25, 0.3) is 0 Å². The Labute approximate surface area is 69.5 Å². The van der Waals surface area contributed by atoms with Crippen LogP contribution in [0.1, 0.15) is 12.8 Å². The lowest BCUT2D eigenvalue weighted by Crippen LogP contribution is -2.44. The second kappa shape index (κ2) is 2.45. The molecule has 2 aliphatic rings. The number of amidine groups is 1. The molecule has 1 spiro atoms.